The molecule has 0 unspecified atom stereocenters. The maximum absolute atomic E-state index is 5.54. The summed E-state index contributed by atoms with van der Waals surface area (Å²) in [5.41, 5.74) is 0.754. The van der Waals surface area contributed by atoms with Crippen molar-refractivity contribution < 1.29 is 4.74 Å². The molecule has 0 saturated carbocycles. The highest BCUT2D eigenvalue weighted by atomic mass is 16.5. The molecular formula is C9H15NO. The van der Waals surface area contributed by atoms with E-state index in [-0.39, 0.29) is 5.60 Å². The first-order valence-electron chi connectivity index (χ1n) is 3.77. The van der Waals surface area contributed by atoms with E-state index < -0.39 is 0 Å². The topological polar surface area (TPSA) is 12.5 Å². The summed E-state index contributed by atoms with van der Waals surface area (Å²) in [6.07, 6.45) is 3.97. The van der Waals surface area contributed by atoms with Crippen molar-refractivity contribution in [2.75, 3.05) is 13.7 Å². The van der Waals surface area contributed by atoms with Gasteiger partial charge in [0.15, 0.2) is 0 Å². The summed E-state index contributed by atoms with van der Waals surface area (Å²) in [6.45, 7) is 8.67. The quantitative estimate of drug-likeness (QED) is 0.525. The Kier molecular flexibility index (Phi) is 2.05. The van der Waals surface area contributed by atoms with E-state index in [1.54, 1.807) is 0 Å². The Hall–Kier alpha value is -0.760. The molecule has 1 rings (SSSR count). The third-order valence-corrected chi connectivity index (χ3v) is 1.99. The normalized spacial score (nSPS) is 23.5. The number of rotatable bonds is 0. The molecule has 1 aliphatic heterocycles. The maximum Gasteiger partial charge on any atom is 0.102 e. The molecule has 2 nitrogen and oxygen atoms in total. The Labute approximate surface area is 68.1 Å². The number of nitrogens with zero attached hydrogens (tertiary/aromatic N) is 1. The summed E-state index contributed by atoms with van der Waals surface area (Å²) in [4.78, 5) is 1.99. The zero-order valence-corrected chi connectivity index (χ0v) is 7.42. The highest BCUT2D eigenvalue weighted by Crippen LogP contribution is 2.23. The summed E-state index contributed by atoms with van der Waals surface area (Å²) in [5, 5.41) is 0. The van der Waals surface area contributed by atoms with Gasteiger partial charge in [0.1, 0.15) is 5.60 Å². The van der Waals surface area contributed by atoms with Crippen molar-refractivity contribution in [3.63, 3.8) is 0 Å². The second kappa shape index (κ2) is 2.70. The molecule has 0 aromatic heterocycles. The lowest BCUT2D eigenvalue weighted by molar-refractivity contribution is 0.0208. The van der Waals surface area contributed by atoms with Crippen molar-refractivity contribution in [1.29, 1.82) is 0 Å². The van der Waals surface area contributed by atoms with Crippen LogP contribution >= 0.6 is 0 Å². The predicted octanol–water partition coefficient (Wildman–Crippen LogP) is 1.75. The molecule has 0 amide bonds. The average molecular weight is 153 g/mol. The summed E-state index contributed by atoms with van der Waals surface area (Å²) < 4.78 is 5.54. The summed E-state index contributed by atoms with van der Waals surface area (Å²) >= 11 is 0. The lowest BCUT2D eigenvalue weighted by atomic mass is 10.1. The van der Waals surface area contributed by atoms with Crippen LogP contribution in [0.25, 0.3) is 0 Å². The molecule has 0 bridgehead atoms. The molecule has 62 valence electrons. The molecule has 11 heavy (non-hydrogen) atoms. The van der Waals surface area contributed by atoms with Crippen LogP contribution in [-0.2, 0) is 4.74 Å². The van der Waals surface area contributed by atoms with Crippen LogP contribution in [0, 0.1) is 0 Å². The van der Waals surface area contributed by atoms with Crippen molar-refractivity contribution in [3.8, 4) is 0 Å². The SMILES string of the molecule is C=C1N(C)C=CCOC1(C)C. The zero-order valence-electron chi connectivity index (χ0n) is 7.42. The van der Waals surface area contributed by atoms with Gasteiger partial charge in [-0.3, -0.25) is 0 Å². The molecule has 0 aromatic carbocycles. The Morgan fingerprint density at radius 3 is 2.91 bits per heavy atom. The second-order valence-corrected chi connectivity index (χ2v) is 3.26. The fourth-order valence-electron chi connectivity index (χ4n) is 1.06. The van der Waals surface area contributed by atoms with E-state index in [4.69, 9.17) is 4.74 Å². The van der Waals surface area contributed by atoms with E-state index in [1.807, 2.05) is 38.1 Å². The van der Waals surface area contributed by atoms with E-state index in [1.165, 1.54) is 0 Å². The molecule has 0 fully saturated rings. The molecule has 0 atom stereocenters. The monoisotopic (exact) mass is 153 g/mol. The van der Waals surface area contributed by atoms with Gasteiger partial charge in [0.2, 0.25) is 0 Å². The standard InChI is InChI=1S/C9H15NO/c1-8-9(2,3)11-7-5-6-10(8)4/h5-6H,1,7H2,2-4H3. The highest BCUT2D eigenvalue weighted by molar-refractivity contribution is 5.13. The Morgan fingerprint density at radius 2 is 2.27 bits per heavy atom. The summed E-state index contributed by atoms with van der Waals surface area (Å²) in [6, 6.07) is 0. The number of ether oxygens (including phenoxy) is 1. The minimum Gasteiger partial charge on any atom is -0.365 e. The predicted molar refractivity (Wildman–Crippen MR) is 46.1 cm³/mol. The van der Waals surface area contributed by atoms with Gasteiger partial charge >= 0.3 is 0 Å². The molecule has 0 aromatic rings. The Morgan fingerprint density at radius 1 is 1.64 bits per heavy atom. The smallest absolute Gasteiger partial charge is 0.102 e. The van der Waals surface area contributed by atoms with Gasteiger partial charge in [-0.05, 0) is 19.9 Å². The molecule has 0 radical (unpaired) electrons. The van der Waals surface area contributed by atoms with Crippen molar-refractivity contribution in [3.05, 3.63) is 24.6 Å². The first kappa shape index (κ1) is 8.34. The van der Waals surface area contributed by atoms with Crippen LogP contribution in [0.1, 0.15) is 13.8 Å². The lowest BCUT2D eigenvalue weighted by Gasteiger charge is -2.29. The highest BCUT2D eigenvalue weighted by Gasteiger charge is 2.25. The maximum atomic E-state index is 5.54. The largest absolute Gasteiger partial charge is 0.365 e. The first-order chi connectivity index (χ1) is 5.04. The van der Waals surface area contributed by atoms with Gasteiger partial charge in [0.05, 0.1) is 6.61 Å². The molecule has 0 N–H and O–H groups in total. The molecule has 1 aliphatic rings. The minimum atomic E-state index is -0.238. The molecule has 1 heterocycles. The Bertz CT molecular complexity index is 194. The van der Waals surface area contributed by atoms with Crippen LogP contribution in [0.4, 0.5) is 0 Å². The van der Waals surface area contributed by atoms with E-state index in [0.29, 0.717) is 6.61 Å². The molecule has 0 aliphatic carbocycles. The second-order valence-electron chi connectivity index (χ2n) is 3.26. The third-order valence-electron chi connectivity index (χ3n) is 1.99. The molecular weight excluding hydrogens is 138 g/mol. The van der Waals surface area contributed by atoms with Crippen molar-refractivity contribution in [1.82, 2.24) is 4.90 Å². The number of hydrogen-bond donors (Lipinski definition) is 0. The number of likely N-dealkylation sites (N-methyl/N-ethyl adjacent to an activating group) is 1. The van der Waals surface area contributed by atoms with Gasteiger partial charge in [-0.2, -0.15) is 0 Å². The fourth-order valence-corrected chi connectivity index (χ4v) is 1.06. The van der Waals surface area contributed by atoms with Crippen LogP contribution in [0.15, 0.2) is 24.6 Å². The number of hydrogen-bond acceptors (Lipinski definition) is 2. The van der Waals surface area contributed by atoms with Crippen LogP contribution in [-0.4, -0.2) is 24.2 Å². The van der Waals surface area contributed by atoms with E-state index in [0.717, 1.165) is 5.70 Å². The van der Waals surface area contributed by atoms with E-state index in [9.17, 15) is 0 Å². The minimum absolute atomic E-state index is 0.238. The van der Waals surface area contributed by atoms with Crippen molar-refractivity contribution in [2.45, 2.75) is 19.4 Å². The van der Waals surface area contributed by atoms with Gasteiger partial charge in [0.25, 0.3) is 0 Å². The van der Waals surface area contributed by atoms with Gasteiger partial charge in [-0.1, -0.05) is 6.58 Å². The van der Waals surface area contributed by atoms with Crippen LogP contribution < -0.4 is 0 Å². The summed E-state index contributed by atoms with van der Waals surface area (Å²) in [5.74, 6) is 0. The summed E-state index contributed by atoms with van der Waals surface area (Å²) in [7, 11) is 1.98. The van der Waals surface area contributed by atoms with Crippen molar-refractivity contribution >= 4 is 0 Å². The molecule has 0 saturated heterocycles. The lowest BCUT2D eigenvalue weighted by Crippen LogP contribution is -2.31. The van der Waals surface area contributed by atoms with Crippen LogP contribution in [0.3, 0.4) is 0 Å². The van der Waals surface area contributed by atoms with Crippen molar-refractivity contribution in [2.24, 2.45) is 0 Å². The molecule has 2 heteroatoms. The van der Waals surface area contributed by atoms with Gasteiger partial charge in [-0.25, -0.2) is 0 Å². The molecule has 0 spiro atoms. The average Bonchev–Trinajstić information content (AvgIpc) is 2.03. The van der Waals surface area contributed by atoms with E-state index >= 15 is 0 Å². The zero-order chi connectivity index (χ0) is 8.48. The van der Waals surface area contributed by atoms with Gasteiger partial charge < -0.3 is 9.64 Å². The fraction of sp³-hybridized carbons (Fsp3) is 0.556. The van der Waals surface area contributed by atoms with Gasteiger partial charge in [-0.15, -0.1) is 0 Å². The third kappa shape index (κ3) is 1.63. The van der Waals surface area contributed by atoms with Crippen LogP contribution in [0.2, 0.25) is 0 Å². The first-order valence-corrected chi connectivity index (χ1v) is 3.77. The van der Waals surface area contributed by atoms with Crippen LogP contribution in [0.5, 0.6) is 0 Å². The van der Waals surface area contributed by atoms with E-state index in [2.05, 4.69) is 6.58 Å². The van der Waals surface area contributed by atoms with Gasteiger partial charge in [0, 0.05) is 18.9 Å². The Balaban J connectivity index is 2.82.